The van der Waals surface area contributed by atoms with E-state index in [0.29, 0.717) is 12.8 Å². The summed E-state index contributed by atoms with van der Waals surface area (Å²) in [6.45, 7) is 3.78. The number of hydrogen-bond donors (Lipinski definition) is 1. The molecule has 4 heteroatoms. The average Bonchev–Trinajstić information content (AvgIpc) is 2.49. The molecular weight excluding hydrogens is 192 g/mol. The van der Waals surface area contributed by atoms with Gasteiger partial charge < -0.3 is 19.8 Å². The third-order valence-corrected chi connectivity index (χ3v) is 3.16. The van der Waals surface area contributed by atoms with Crippen molar-refractivity contribution < 1.29 is 9.59 Å². The average molecular weight is 212 g/mol. The smallest absolute Gasteiger partial charge is 0.133 e. The molecule has 0 atom stereocenters. The molecule has 15 heavy (non-hydrogen) atoms. The molecule has 0 aromatic carbocycles. The lowest BCUT2D eigenvalue weighted by atomic mass is 9.84. The van der Waals surface area contributed by atoms with Crippen LogP contribution in [-0.4, -0.2) is 50.7 Å². The Morgan fingerprint density at radius 1 is 1.27 bits per heavy atom. The maximum Gasteiger partial charge on any atom is 0.133 e. The molecule has 0 radical (unpaired) electrons. The zero-order valence-corrected chi connectivity index (χ0v) is 9.37. The highest BCUT2D eigenvalue weighted by molar-refractivity contribution is 5.83. The molecule has 0 amide bonds. The lowest BCUT2D eigenvalue weighted by Crippen LogP contribution is -2.33. The summed E-state index contributed by atoms with van der Waals surface area (Å²) in [6.07, 6.45) is 3.98. The molecule has 1 aliphatic heterocycles. The minimum Gasteiger partial charge on any atom is -0.318 e. The number of aldehydes is 2. The van der Waals surface area contributed by atoms with Crippen LogP contribution in [0.1, 0.15) is 19.3 Å². The molecule has 1 rings (SSSR count). The Morgan fingerprint density at radius 3 is 2.60 bits per heavy atom. The van der Waals surface area contributed by atoms with E-state index in [0.717, 1.165) is 45.2 Å². The van der Waals surface area contributed by atoms with E-state index in [4.69, 9.17) is 0 Å². The van der Waals surface area contributed by atoms with Gasteiger partial charge in [0, 0.05) is 13.1 Å². The lowest BCUT2D eigenvalue weighted by Gasteiger charge is -2.21. The molecule has 1 fully saturated rings. The normalized spacial score (nSPS) is 21.9. The van der Waals surface area contributed by atoms with Gasteiger partial charge in [-0.05, 0) is 39.4 Å². The van der Waals surface area contributed by atoms with E-state index in [-0.39, 0.29) is 0 Å². The van der Waals surface area contributed by atoms with Crippen LogP contribution in [-0.2, 0) is 9.59 Å². The predicted molar refractivity (Wildman–Crippen MR) is 58.8 cm³/mol. The van der Waals surface area contributed by atoms with Gasteiger partial charge in [0.2, 0.25) is 0 Å². The summed E-state index contributed by atoms with van der Waals surface area (Å²) in [5.74, 6) is 0. The van der Waals surface area contributed by atoms with Crippen LogP contribution >= 0.6 is 0 Å². The zero-order valence-electron chi connectivity index (χ0n) is 9.37. The number of carbonyl (C=O) groups is 2. The number of nitrogens with zero attached hydrogens (tertiary/aromatic N) is 1. The summed E-state index contributed by atoms with van der Waals surface area (Å²) in [5, 5.41) is 3.10. The van der Waals surface area contributed by atoms with Gasteiger partial charge in [-0.15, -0.1) is 0 Å². The molecule has 0 aliphatic carbocycles. The van der Waals surface area contributed by atoms with Gasteiger partial charge in [0.1, 0.15) is 12.6 Å². The third kappa shape index (κ3) is 3.39. The van der Waals surface area contributed by atoms with Gasteiger partial charge in [0.25, 0.3) is 0 Å². The van der Waals surface area contributed by atoms with Crippen LogP contribution in [0.4, 0.5) is 0 Å². The Labute approximate surface area is 91.0 Å². The van der Waals surface area contributed by atoms with Crippen LogP contribution < -0.4 is 5.32 Å². The van der Waals surface area contributed by atoms with E-state index in [1.165, 1.54) is 0 Å². The van der Waals surface area contributed by atoms with Crippen LogP contribution in [0.25, 0.3) is 0 Å². The first-order valence-corrected chi connectivity index (χ1v) is 5.56. The van der Waals surface area contributed by atoms with Crippen molar-refractivity contribution in [1.82, 2.24) is 10.2 Å². The van der Waals surface area contributed by atoms with Crippen molar-refractivity contribution in [1.29, 1.82) is 0 Å². The molecule has 0 bridgehead atoms. The van der Waals surface area contributed by atoms with Gasteiger partial charge >= 0.3 is 0 Å². The Balaban J connectivity index is 2.47. The van der Waals surface area contributed by atoms with Crippen LogP contribution in [0.5, 0.6) is 0 Å². The van der Waals surface area contributed by atoms with Gasteiger partial charge in [0.15, 0.2) is 0 Å². The molecule has 0 spiro atoms. The van der Waals surface area contributed by atoms with E-state index < -0.39 is 5.41 Å². The first kappa shape index (κ1) is 12.3. The Kier molecular flexibility index (Phi) is 4.91. The van der Waals surface area contributed by atoms with Crippen molar-refractivity contribution in [2.24, 2.45) is 5.41 Å². The molecule has 4 nitrogen and oxygen atoms in total. The number of likely N-dealkylation sites (N-methyl/N-ethyl adjacent to an activating group) is 1. The summed E-state index contributed by atoms with van der Waals surface area (Å²) in [4.78, 5) is 24.2. The third-order valence-electron chi connectivity index (χ3n) is 3.16. The van der Waals surface area contributed by atoms with Crippen LogP contribution in [0.3, 0.4) is 0 Å². The molecule has 1 saturated heterocycles. The van der Waals surface area contributed by atoms with E-state index >= 15 is 0 Å². The largest absolute Gasteiger partial charge is 0.318 e. The maximum absolute atomic E-state index is 10.9. The molecular formula is C11H20N2O2. The Bertz CT molecular complexity index is 211. The van der Waals surface area contributed by atoms with Crippen molar-refractivity contribution >= 4 is 12.6 Å². The van der Waals surface area contributed by atoms with Crippen molar-refractivity contribution in [2.75, 3.05) is 33.2 Å². The van der Waals surface area contributed by atoms with Crippen molar-refractivity contribution in [3.05, 3.63) is 0 Å². The minimum atomic E-state index is -0.700. The van der Waals surface area contributed by atoms with Crippen molar-refractivity contribution in [3.63, 3.8) is 0 Å². The Morgan fingerprint density at radius 2 is 2.00 bits per heavy atom. The number of hydrogen-bond acceptors (Lipinski definition) is 4. The Hall–Kier alpha value is -0.740. The molecule has 0 aromatic rings. The van der Waals surface area contributed by atoms with Crippen LogP contribution in [0.2, 0.25) is 0 Å². The summed E-state index contributed by atoms with van der Waals surface area (Å²) >= 11 is 0. The van der Waals surface area contributed by atoms with Gasteiger partial charge in [-0.1, -0.05) is 0 Å². The standard InChI is InChI=1S/C11H20N2O2/c1-12-5-8-13-6-2-3-11(9-14,10-15)4-7-13/h9-10,12H,2-8H2,1H3. The van der Waals surface area contributed by atoms with Gasteiger partial charge in [-0.2, -0.15) is 0 Å². The van der Waals surface area contributed by atoms with E-state index in [1.54, 1.807) is 0 Å². The topological polar surface area (TPSA) is 49.4 Å². The fraction of sp³-hybridized carbons (Fsp3) is 0.818. The fourth-order valence-electron chi connectivity index (χ4n) is 1.99. The first-order chi connectivity index (χ1) is 7.26. The molecule has 0 unspecified atom stereocenters. The quantitative estimate of drug-likeness (QED) is 0.518. The zero-order chi connectivity index (χ0) is 11.1. The SMILES string of the molecule is CNCCN1CCCC(C=O)(C=O)CC1. The molecule has 1 heterocycles. The monoisotopic (exact) mass is 212 g/mol. The highest BCUT2D eigenvalue weighted by Crippen LogP contribution is 2.26. The van der Waals surface area contributed by atoms with E-state index in [1.807, 2.05) is 7.05 Å². The maximum atomic E-state index is 10.9. The second-order valence-electron chi connectivity index (χ2n) is 4.27. The number of nitrogens with one attached hydrogen (secondary N) is 1. The highest BCUT2D eigenvalue weighted by Gasteiger charge is 2.31. The second kappa shape index (κ2) is 5.98. The first-order valence-electron chi connectivity index (χ1n) is 5.56. The van der Waals surface area contributed by atoms with Crippen molar-refractivity contribution in [3.8, 4) is 0 Å². The summed E-state index contributed by atoms with van der Waals surface area (Å²) in [7, 11) is 1.93. The summed E-state index contributed by atoms with van der Waals surface area (Å²) in [5.41, 5.74) is -0.700. The number of likely N-dealkylation sites (tertiary alicyclic amines) is 1. The number of carbonyl (C=O) groups excluding carboxylic acids is 2. The predicted octanol–water partition coefficient (Wildman–Crippen LogP) is 0.0759. The second-order valence-corrected chi connectivity index (χ2v) is 4.27. The molecule has 0 saturated carbocycles. The van der Waals surface area contributed by atoms with E-state index in [9.17, 15) is 9.59 Å². The highest BCUT2D eigenvalue weighted by atomic mass is 16.1. The van der Waals surface area contributed by atoms with Crippen molar-refractivity contribution in [2.45, 2.75) is 19.3 Å². The minimum absolute atomic E-state index is 0.670. The molecule has 0 aromatic heterocycles. The lowest BCUT2D eigenvalue weighted by molar-refractivity contribution is -0.126. The summed E-state index contributed by atoms with van der Waals surface area (Å²) < 4.78 is 0. The summed E-state index contributed by atoms with van der Waals surface area (Å²) in [6, 6.07) is 0. The molecule has 1 aliphatic rings. The van der Waals surface area contributed by atoms with Gasteiger partial charge in [-0.25, -0.2) is 0 Å². The molecule has 86 valence electrons. The van der Waals surface area contributed by atoms with Crippen LogP contribution in [0, 0.1) is 5.41 Å². The van der Waals surface area contributed by atoms with Gasteiger partial charge in [-0.3, -0.25) is 0 Å². The molecule has 1 N–H and O–H groups in total. The van der Waals surface area contributed by atoms with Crippen LogP contribution in [0.15, 0.2) is 0 Å². The number of rotatable bonds is 5. The van der Waals surface area contributed by atoms with E-state index in [2.05, 4.69) is 10.2 Å². The fourth-order valence-corrected chi connectivity index (χ4v) is 1.99. The van der Waals surface area contributed by atoms with Gasteiger partial charge in [0.05, 0.1) is 5.41 Å².